The summed E-state index contributed by atoms with van der Waals surface area (Å²) in [7, 11) is 0. The number of fused-ring (bicyclic) bond motifs is 1. The summed E-state index contributed by atoms with van der Waals surface area (Å²) >= 11 is 17.7. The zero-order valence-electron chi connectivity index (χ0n) is 18.5. The van der Waals surface area contributed by atoms with Crippen molar-refractivity contribution in [2.24, 2.45) is 0 Å². The highest BCUT2D eigenvalue weighted by atomic mass is 35.5. The molecule has 0 saturated carbocycles. The first kappa shape index (κ1) is 24.4. The molecule has 0 radical (unpaired) electrons. The maximum Gasteiger partial charge on any atom is 0.293 e. The van der Waals surface area contributed by atoms with Crippen molar-refractivity contribution in [3.63, 3.8) is 0 Å². The lowest BCUT2D eigenvalue weighted by atomic mass is 10.1. The van der Waals surface area contributed by atoms with Crippen LogP contribution in [-0.4, -0.2) is 20.9 Å². The van der Waals surface area contributed by atoms with Gasteiger partial charge in [0, 0.05) is 28.4 Å². The molecule has 0 unspecified atom stereocenters. The predicted octanol–water partition coefficient (Wildman–Crippen LogP) is 7.10. The van der Waals surface area contributed by atoms with Gasteiger partial charge in [-0.1, -0.05) is 35.3 Å². The number of aromatic nitrogens is 1. The second-order valence-corrected chi connectivity index (χ2v) is 8.96. The van der Waals surface area contributed by atoms with E-state index >= 15 is 0 Å². The fraction of sp³-hybridized carbons (Fsp3) is 0. The van der Waals surface area contributed by atoms with E-state index < -0.39 is 10.8 Å². The van der Waals surface area contributed by atoms with E-state index in [1.165, 1.54) is 24.3 Å². The molecule has 0 aliphatic rings. The van der Waals surface area contributed by atoms with Gasteiger partial charge in [0.1, 0.15) is 11.3 Å². The van der Waals surface area contributed by atoms with Crippen LogP contribution in [0.4, 0.5) is 11.4 Å². The summed E-state index contributed by atoms with van der Waals surface area (Å²) in [4.78, 5) is 27.6. The third-order valence-electron chi connectivity index (χ3n) is 5.20. The SMILES string of the molecule is O=C(NC(=S)Nc1ccc(Cl)c(-c2nc3cc(Cl)ccc3o2)c1)c1ccc(-c2cccc([N+](=O)[O-])c2)o1. The number of rotatable bonds is 5. The molecule has 0 aliphatic carbocycles. The summed E-state index contributed by atoms with van der Waals surface area (Å²) < 4.78 is 11.4. The Bertz CT molecular complexity index is 1700. The van der Waals surface area contributed by atoms with Crippen LogP contribution in [0, 0.1) is 10.1 Å². The lowest BCUT2D eigenvalue weighted by molar-refractivity contribution is -0.384. The number of furan rings is 1. The van der Waals surface area contributed by atoms with Gasteiger partial charge in [-0.15, -0.1) is 0 Å². The van der Waals surface area contributed by atoms with Crippen molar-refractivity contribution in [2.75, 3.05) is 5.32 Å². The van der Waals surface area contributed by atoms with Crippen molar-refractivity contribution in [2.45, 2.75) is 0 Å². The van der Waals surface area contributed by atoms with Crippen LogP contribution in [-0.2, 0) is 0 Å². The molecule has 0 aliphatic heterocycles. The summed E-state index contributed by atoms with van der Waals surface area (Å²) in [6.07, 6.45) is 0. The molecule has 2 aromatic heterocycles. The fourth-order valence-corrected chi connectivity index (χ4v) is 4.07. The quantitative estimate of drug-likeness (QED) is 0.134. The van der Waals surface area contributed by atoms with Crippen molar-refractivity contribution in [1.82, 2.24) is 10.3 Å². The average Bonchev–Trinajstić information content (AvgIpc) is 3.52. The van der Waals surface area contributed by atoms with Gasteiger partial charge >= 0.3 is 0 Å². The van der Waals surface area contributed by atoms with Crippen LogP contribution in [0.5, 0.6) is 0 Å². The number of amides is 1. The maximum absolute atomic E-state index is 12.6. The molecule has 184 valence electrons. The van der Waals surface area contributed by atoms with E-state index in [1.54, 1.807) is 48.5 Å². The second-order valence-electron chi connectivity index (χ2n) is 7.71. The van der Waals surface area contributed by atoms with Crippen LogP contribution in [0.15, 0.2) is 81.6 Å². The van der Waals surface area contributed by atoms with Gasteiger partial charge in [-0.2, -0.15) is 0 Å². The standard InChI is InChI=1S/C25H14Cl2N4O5S/c26-14-4-7-21-19(11-14)29-24(36-21)17-12-15(5-6-18(17)27)28-25(37)30-23(32)22-9-8-20(35-22)13-2-1-3-16(10-13)31(33)34/h1-12H,(H2,28,30,32,37). The van der Waals surface area contributed by atoms with Gasteiger partial charge in [0.25, 0.3) is 11.6 Å². The van der Waals surface area contributed by atoms with Crippen molar-refractivity contribution < 1.29 is 18.6 Å². The van der Waals surface area contributed by atoms with E-state index in [4.69, 9.17) is 44.3 Å². The molecule has 0 saturated heterocycles. The van der Waals surface area contributed by atoms with Crippen molar-refractivity contribution in [3.8, 4) is 22.8 Å². The van der Waals surface area contributed by atoms with Crippen LogP contribution in [0.1, 0.15) is 10.6 Å². The third-order valence-corrected chi connectivity index (χ3v) is 5.97. The largest absolute Gasteiger partial charge is 0.451 e. The van der Waals surface area contributed by atoms with Gasteiger partial charge in [0.15, 0.2) is 16.5 Å². The number of nitro benzene ring substituents is 1. The van der Waals surface area contributed by atoms with Gasteiger partial charge < -0.3 is 14.2 Å². The highest BCUT2D eigenvalue weighted by Gasteiger charge is 2.17. The summed E-state index contributed by atoms with van der Waals surface area (Å²) in [6, 6.07) is 19.0. The number of halogens is 2. The number of nitrogens with one attached hydrogen (secondary N) is 2. The Balaban J connectivity index is 1.29. The van der Waals surface area contributed by atoms with E-state index in [0.717, 1.165) is 0 Å². The lowest BCUT2D eigenvalue weighted by Gasteiger charge is -2.10. The molecule has 0 fully saturated rings. The Morgan fingerprint density at radius 2 is 1.84 bits per heavy atom. The number of oxazole rings is 1. The molecule has 5 aromatic rings. The third kappa shape index (κ3) is 5.31. The van der Waals surface area contributed by atoms with E-state index in [1.807, 2.05) is 0 Å². The monoisotopic (exact) mass is 552 g/mol. The average molecular weight is 553 g/mol. The number of nitrogens with zero attached hydrogens (tertiary/aromatic N) is 2. The van der Waals surface area contributed by atoms with Crippen LogP contribution in [0.2, 0.25) is 10.0 Å². The summed E-state index contributed by atoms with van der Waals surface area (Å²) in [6.45, 7) is 0. The Morgan fingerprint density at radius 3 is 2.65 bits per heavy atom. The number of carbonyl (C=O) groups excluding carboxylic acids is 1. The van der Waals surface area contributed by atoms with Crippen LogP contribution in [0.3, 0.4) is 0 Å². The van der Waals surface area contributed by atoms with Gasteiger partial charge in [-0.3, -0.25) is 20.2 Å². The minimum Gasteiger partial charge on any atom is -0.451 e. The molecule has 0 bridgehead atoms. The number of hydrogen-bond acceptors (Lipinski definition) is 7. The van der Waals surface area contributed by atoms with Crippen molar-refractivity contribution in [1.29, 1.82) is 0 Å². The Kier molecular flexibility index (Phi) is 6.62. The second kappa shape index (κ2) is 10.0. The van der Waals surface area contributed by atoms with E-state index in [2.05, 4.69) is 15.6 Å². The van der Waals surface area contributed by atoms with E-state index in [9.17, 15) is 14.9 Å². The maximum atomic E-state index is 12.6. The van der Waals surface area contributed by atoms with E-state index in [-0.39, 0.29) is 16.6 Å². The Hall–Kier alpha value is -4.25. The van der Waals surface area contributed by atoms with Crippen LogP contribution >= 0.6 is 35.4 Å². The molecule has 37 heavy (non-hydrogen) atoms. The van der Waals surface area contributed by atoms with Crippen LogP contribution in [0.25, 0.3) is 33.9 Å². The molecule has 5 rings (SSSR count). The topological polar surface area (TPSA) is 123 Å². The smallest absolute Gasteiger partial charge is 0.293 e. The Morgan fingerprint density at radius 1 is 1.00 bits per heavy atom. The lowest BCUT2D eigenvalue weighted by Crippen LogP contribution is -2.33. The number of benzene rings is 3. The molecule has 2 heterocycles. The number of hydrogen-bond donors (Lipinski definition) is 2. The zero-order chi connectivity index (χ0) is 26.1. The number of nitro groups is 1. The summed E-state index contributed by atoms with van der Waals surface area (Å²) in [5, 5.41) is 17.4. The molecule has 1 amide bonds. The first-order valence-corrected chi connectivity index (χ1v) is 11.8. The number of anilines is 1. The molecule has 3 aromatic carbocycles. The molecular formula is C25H14Cl2N4O5S. The highest BCUT2D eigenvalue weighted by molar-refractivity contribution is 7.80. The first-order valence-electron chi connectivity index (χ1n) is 10.6. The minimum absolute atomic E-state index is 0.0101. The summed E-state index contributed by atoms with van der Waals surface area (Å²) in [5.74, 6) is -0.0217. The van der Waals surface area contributed by atoms with Gasteiger partial charge in [0.2, 0.25) is 5.89 Å². The van der Waals surface area contributed by atoms with Gasteiger partial charge in [-0.25, -0.2) is 4.98 Å². The normalized spacial score (nSPS) is 10.9. The van der Waals surface area contributed by atoms with Gasteiger partial charge in [0.05, 0.1) is 15.5 Å². The highest BCUT2D eigenvalue weighted by Crippen LogP contribution is 2.33. The fourth-order valence-electron chi connectivity index (χ4n) is 3.50. The Labute approximate surface area is 224 Å². The molecule has 12 heteroatoms. The zero-order valence-corrected chi connectivity index (χ0v) is 20.9. The van der Waals surface area contributed by atoms with Gasteiger partial charge in [-0.05, 0) is 60.7 Å². The number of carbonyl (C=O) groups is 1. The molecular weight excluding hydrogens is 539 g/mol. The van der Waals surface area contributed by atoms with Crippen LogP contribution < -0.4 is 10.6 Å². The first-order chi connectivity index (χ1) is 17.8. The molecule has 9 nitrogen and oxygen atoms in total. The molecule has 2 N–H and O–H groups in total. The van der Waals surface area contributed by atoms with Crippen molar-refractivity contribution >= 4 is 68.9 Å². The van der Waals surface area contributed by atoms with Crippen molar-refractivity contribution in [3.05, 3.63) is 98.7 Å². The van der Waals surface area contributed by atoms with E-state index in [0.29, 0.717) is 49.6 Å². The minimum atomic E-state index is -0.598. The molecule has 0 atom stereocenters. The number of thiocarbonyl (C=S) groups is 1. The summed E-state index contributed by atoms with van der Waals surface area (Å²) in [5.41, 5.74) is 2.56. The predicted molar refractivity (Wildman–Crippen MR) is 144 cm³/mol. The number of non-ortho nitro benzene ring substituents is 1. The molecule has 0 spiro atoms.